The first-order valence-electron chi connectivity index (χ1n) is 6.30. The Bertz CT molecular complexity index is 504. The first-order chi connectivity index (χ1) is 8.61. The zero-order valence-electron chi connectivity index (χ0n) is 10.6. The van der Waals surface area contributed by atoms with Crippen molar-refractivity contribution in [2.24, 2.45) is 0 Å². The van der Waals surface area contributed by atoms with E-state index in [1.807, 2.05) is 26.0 Å². The molecule has 1 fully saturated rings. The van der Waals surface area contributed by atoms with Crippen molar-refractivity contribution in [3.63, 3.8) is 0 Å². The molecule has 0 aromatic heterocycles. The quantitative estimate of drug-likeness (QED) is 0.757. The molecule has 0 aliphatic carbocycles. The molecule has 4 heteroatoms. The summed E-state index contributed by atoms with van der Waals surface area (Å²) in [7, 11) is 0. The number of imide groups is 1. The molecule has 18 heavy (non-hydrogen) atoms. The number of hydrogen-bond donors (Lipinski definition) is 1. The highest BCUT2D eigenvalue weighted by Gasteiger charge is 2.42. The summed E-state index contributed by atoms with van der Waals surface area (Å²) in [6, 6.07) is 3.84. The molecule has 2 amide bonds. The average molecular weight is 244 g/mol. The molecule has 0 saturated carbocycles. The Morgan fingerprint density at radius 2 is 1.67 bits per heavy atom. The van der Waals surface area contributed by atoms with Gasteiger partial charge in [-0.05, 0) is 37.9 Å². The molecule has 0 spiro atoms. The number of hydrogen-bond acceptors (Lipinski definition) is 3. The monoisotopic (exact) mass is 244 g/mol. The highest BCUT2D eigenvalue weighted by Crippen LogP contribution is 2.31. The summed E-state index contributed by atoms with van der Waals surface area (Å²) >= 11 is 0. The van der Waals surface area contributed by atoms with Gasteiger partial charge in [0.2, 0.25) is 0 Å². The highest BCUT2D eigenvalue weighted by atomic mass is 16.2. The zero-order valence-corrected chi connectivity index (χ0v) is 10.6. The Morgan fingerprint density at radius 3 is 2.11 bits per heavy atom. The second kappa shape index (κ2) is 3.92. The molecular formula is C14H16N2O2. The minimum atomic E-state index is -0.120. The molecule has 1 saturated heterocycles. The average Bonchev–Trinajstić information content (AvgIpc) is 2.92. The number of carbonyl (C=O) groups is 2. The smallest absolute Gasteiger partial charge is 0.262 e. The van der Waals surface area contributed by atoms with E-state index in [1.165, 1.54) is 4.90 Å². The Morgan fingerprint density at radius 1 is 1.11 bits per heavy atom. The summed E-state index contributed by atoms with van der Waals surface area (Å²) in [5, 5.41) is 3.20. The Hall–Kier alpha value is -1.68. The third-order valence-corrected chi connectivity index (χ3v) is 3.89. The van der Waals surface area contributed by atoms with Crippen LogP contribution in [-0.2, 0) is 0 Å². The van der Waals surface area contributed by atoms with Crippen molar-refractivity contribution < 1.29 is 9.59 Å². The summed E-state index contributed by atoms with van der Waals surface area (Å²) in [5.41, 5.74) is 2.99. The molecule has 1 aromatic carbocycles. The lowest BCUT2D eigenvalue weighted by Gasteiger charge is -2.20. The van der Waals surface area contributed by atoms with Gasteiger partial charge in [-0.3, -0.25) is 14.5 Å². The molecule has 0 radical (unpaired) electrons. The normalized spacial score (nSPS) is 22.8. The van der Waals surface area contributed by atoms with Crippen molar-refractivity contribution in [1.29, 1.82) is 0 Å². The number of aryl methyl sites for hydroxylation is 2. The largest absolute Gasteiger partial charge is 0.315 e. The van der Waals surface area contributed by atoms with Gasteiger partial charge in [-0.25, -0.2) is 0 Å². The number of carbonyl (C=O) groups excluding carboxylic acids is 2. The van der Waals surface area contributed by atoms with E-state index in [1.54, 1.807) is 0 Å². The maximum Gasteiger partial charge on any atom is 0.262 e. The number of rotatable bonds is 1. The van der Waals surface area contributed by atoms with E-state index in [2.05, 4.69) is 5.32 Å². The lowest BCUT2D eigenvalue weighted by Crippen LogP contribution is -2.41. The van der Waals surface area contributed by atoms with Gasteiger partial charge in [0.25, 0.3) is 11.8 Å². The molecule has 2 aliphatic heterocycles. The predicted molar refractivity (Wildman–Crippen MR) is 67.7 cm³/mol. The van der Waals surface area contributed by atoms with Gasteiger partial charge in [-0.1, -0.05) is 12.1 Å². The van der Waals surface area contributed by atoms with E-state index in [9.17, 15) is 9.59 Å². The maximum atomic E-state index is 12.4. The summed E-state index contributed by atoms with van der Waals surface area (Å²) in [4.78, 5) is 26.3. The SMILES string of the molecule is Cc1ccc(C)c2c1C(=O)N(C1CCNC1)C2=O. The topological polar surface area (TPSA) is 49.4 Å². The number of nitrogens with zero attached hydrogens (tertiary/aromatic N) is 1. The van der Waals surface area contributed by atoms with Crippen molar-refractivity contribution >= 4 is 11.8 Å². The van der Waals surface area contributed by atoms with Gasteiger partial charge in [0.1, 0.15) is 0 Å². The van der Waals surface area contributed by atoms with Crippen LogP contribution >= 0.6 is 0 Å². The van der Waals surface area contributed by atoms with Crippen molar-refractivity contribution in [3.05, 3.63) is 34.4 Å². The molecule has 3 rings (SSSR count). The van der Waals surface area contributed by atoms with E-state index in [0.717, 1.165) is 24.1 Å². The van der Waals surface area contributed by atoms with Crippen molar-refractivity contribution in [3.8, 4) is 0 Å². The van der Waals surface area contributed by atoms with Crippen LogP contribution in [0.1, 0.15) is 38.3 Å². The van der Waals surface area contributed by atoms with Crippen LogP contribution < -0.4 is 5.32 Å². The Kier molecular flexibility index (Phi) is 2.48. The van der Waals surface area contributed by atoms with E-state index in [4.69, 9.17) is 0 Å². The molecule has 0 bridgehead atoms. The third-order valence-electron chi connectivity index (χ3n) is 3.89. The predicted octanol–water partition coefficient (Wildman–Crippen LogP) is 1.26. The van der Waals surface area contributed by atoms with Gasteiger partial charge in [-0.15, -0.1) is 0 Å². The molecule has 2 aliphatic rings. The molecule has 1 aromatic rings. The van der Waals surface area contributed by atoms with Crippen LogP contribution in [0.25, 0.3) is 0 Å². The fraction of sp³-hybridized carbons (Fsp3) is 0.429. The van der Waals surface area contributed by atoms with Crippen molar-refractivity contribution in [2.45, 2.75) is 26.3 Å². The number of nitrogens with one attached hydrogen (secondary N) is 1. The van der Waals surface area contributed by atoms with E-state index < -0.39 is 0 Å². The molecule has 94 valence electrons. The van der Waals surface area contributed by atoms with Crippen LogP contribution in [0.15, 0.2) is 12.1 Å². The van der Waals surface area contributed by atoms with Crippen LogP contribution in [0, 0.1) is 13.8 Å². The summed E-state index contributed by atoms with van der Waals surface area (Å²) in [6.45, 7) is 5.36. The molecule has 1 unspecified atom stereocenters. The zero-order chi connectivity index (χ0) is 12.9. The second-order valence-corrected chi connectivity index (χ2v) is 5.08. The molecule has 2 heterocycles. The van der Waals surface area contributed by atoms with Gasteiger partial charge < -0.3 is 5.32 Å². The second-order valence-electron chi connectivity index (χ2n) is 5.08. The summed E-state index contributed by atoms with van der Waals surface area (Å²) < 4.78 is 0. The Labute approximate surface area is 106 Å². The van der Waals surface area contributed by atoms with Crippen LogP contribution in [-0.4, -0.2) is 35.8 Å². The van der Waals surface area contributed by atoms with Crippen molar-refractivity contribution in [1.82, 2.24) is 10.2 Å². The standard InChI is InChI=1S/C14H16N2O2/c1-8-3-4-9(2)12-11(8)13(17)16(14(12)18)10-5-6-15-7-10/h3-4,10,15H,5-7H2,1-2H3. The lowest BCUT2D eigenvalue weighted by atomic mass is 9.99. The first-order valence-corrected chi connectivity index (χ1v) is 6.30. The van der Waals surface area contributed by atoms with Crippen LogP contribution in [0.2, 0.25) is 0 Å². The highest BCUT2D eigenvalue weighted by molar-refractivity contribution is 6.22. The maximum absolute atomic E-state index is 12.4. The van der Waals surface area contributed by atoms with Gasteiger partial charge in [0.15, 0.2) is 0 Å². The lowest BCUT2D eigenvalue weighted by molar-refractivity contribution is 0.0596. The molecule has 1 atom stereocenters. The summed E-state index contributed by atoms with van der Waals surface area (Å²) in [6.07, 6.45) is 0.851. The van der Waals surface area contributed by atoms with Crippen LogP contribution in [0.3, 0.4) is 0 Å². The minimum absolute atomic E-state index is 0.0104. The fourth-order valence-corrected chi connectivity index (χ4v) is 2.89. The van der Waals surface area contributed by atoms with E-state index >= 15 is 0 Å². The molecule has 1 N–H and O–H groups in total. The minimum Gasteiger partial charge on any atom is -0.315 e. The molecule has 4 nitrogen and oxygen atoms in total. The van der Waals surface area contributed by atoms with E-state index in [0.29, 0.717) is 17.7 Å². The van der Waals surface area contributed by atoms with Gasteiger partial charge in [-0.2, -0.15) is 0 Å². The number of fused-ring (bicyclic) bond motifs is 1. The Balaban J connectivity index is 2.10. The van der Waals surface area contributed by atoms with E-state index in [-0.39, 0.29) is 17.9 Å². The first kappa shape index (κ1) is 11.4. The fourth-order valence-electron chi connectivity index (χ4n) is 2.89. The van der Waals surface area contributed by atoms with Crippen LogP contribution in [0.4, 0.5) is 0 Å². The molecular weight excluding hydrogens is 228 g/mol. The van der Waals surface area contributed by atoms with Gasteiger partial charge >= 0.3 is 0 Å². The van der Waals surface area contributed by atoms with Crippen molar-refractivity contribution in [2.75, 3.05) is 13.1 Å². The van der Waals surface area contributed by atoms with Gasteiger partial charge in [0.05, 0.1) is 17.2 Å². The van der Waals surface area contributed by atoms with Gasteiger partial charge in [0, 0.05) is 6.54 Å². The number of benzene rings is 1. The number of amides is 2. The summed E-state index contributed by atoms with van der Waals surface area (Å²) in [5.74, 6) is -0.241. The van der Waals surface area contributed by atoms with Crippen LogP contribution in [0.5, 0.6) is 0 Å². The third kappa shape index (κ3) is 1.42.